The molecule has 24 heavy (non-hydrogen) atoms. The van der Waals surface area contributed by atoms with Crippen molar-refractivity contribution in [2.45, 2.75) is 52.4 Å². The van der Waals surface area contributed by atoms with Crippen LogP contribution in [0.25, 0.3) is 0 Å². The fourth-order valence-electron chi connectivity index (χ4n) is 0.833. The second kappa shape index (κ2) is 25.0. The van der Waals surface area contributed by atoms with E-state index in [-0.39, 0.29) is 17.4 Å². The van der Waals surface area contributed by atoms with Gasteiger partial charge in [0.2, 0.25) is 0 Å². The van der Waals surface area contributed by atoms with Gasteiger partial charge in [-0.1, -0.05) is 49.7 Å². The van der Waals surface area contributed by atoms with Crippen LogP contribution in [0.5, 0.6) is 0 Å². The zero-order chi connectivity index (χ0) is 20.3. The molecular formula is C15H18CrO5P2S. The molecule has 130 valence electrons. The van der Waals surface area contributed by atoms with Crippen molar-refractivity contribution in [3.05, 3.63) is 42.9 Å². The molecule has 0 fully saturated rings. The molecule has 0 saturated heterocycles. The summed E-state index contributed by atoms with van der Waals surface area (Å²) in [6.07, 6.45) is 0. The van der Waals surface area contributed by atoms with E-state index >= 15 is 0 Å². The molecule has 1 aromatic heterocycles. The van der Waals surface area contributed by atoms with Crippen molar-refractivity contribution >= 4 is 26.5 Å². The quantitative estimate of drug-likeness (QED) is 0.398. The summed E-state index contributed by atoms with van der Waals surface area (Å²) >= 11 is 0. The van der Waals surface area contributed by atoms with Gasteiger partial charge in [0, 0.05) is 32.4 Å². The zero-order valence-electron chi connectivity index (χ0n) is 14.3. The summed E-state index contributed by atoms with van der Waals surface area (Å²) in [6.45, 7) is 36.4. The van der Waals surface area contributed by atoms with Crippen molar-refractivity contribution in [1.82, 2.24) is 0 Å². The van der Waals surface area contributed by atoms with Gasteiger partial charge >= 0.3 is 56.5 Å². The molecule has 0 aliphatic heterocycles. The Bertz CT molecular complexity index is 428. The molecule has 0 radical (unpaired) electrons. The molecule has 0 aliphatic rings. The number of hydrogen-bond donors (Lipinski definition) is 0. The standard InChI is InChI=1S/C10H18P2S.5CO.Cr/c1-9(2,3)7-11-8(13-12-7)10(4,5)6;5*1-2;/h1-6H3;;;;;;. The third kappa shape index (κ3) is 21.8. The van der Waals surface area contributed by atoms with Crippen LogP contribution >= 0.6 is 26.5 Å². The molecule has 1 aromatic rings. The molecule has 0 unspecified atom stereocenters. The first-order valence-electron chi connectivity index (χ1n) is 5.58. The van der Waals surface area contributed by atoms with E-state index in [0.717, 1.165) is 0 Å². The topological polar surface area (TPSA) is 99.5 Å². The summed E-state index contributed by atoms with van der Waals surface area (Å²) < 4.78 is 39.1. The van der Waals surface area contributed by atoms with E-state index < -0.39 is 0 Å². The van der Waals surface area contributed by atoms with Crippen LogP contribution in [-0.4, -0.2) is 0 Å². The predicted molar refractivity (Wildman–Crippen MR) is 86.4 cm³/mol. The Morgan fingerprint density at radius 1 is 0.667 bits per heavy atom. The van der Waals surface area contributed by atoms with E-state index in [9.17, 15) is 0 Å². The maximum Gasteiger partial charge on any atom is 0 e. The van der Waals surface area contributed by atoms with Crippen LogP contribution in [0.1, 0.15) is 51.2 Å². The minimum atomic E-state index is 0. The van der Waals surface area contributed by atoms with Gasteiger partial charge in [0.05, 0.1) is 0 Å². The molecule has 0 amide bonds. The van der Waals surface area contributed by atoms with Crippen LogP contribution in [0.3, 0.4) is 0 Å². The molecule has 1 rings (SSSR count). The van der Waals surface area contributed by atoms with Gasteiger partial charge in [0.25, 0.3) is 0 Å². The second-order valence-corrected chi connectivity index (χ2v) is 9.51. The zero-order valence-corrected chi connectivity index (χ0v) is 18.1. The van der Waals surface area contributed by atoms with E-state index in [4.69, 9.17) is 23.3 Å². The first-order chi connectivity index (χ1) is 10.7. The molecule has 0 atom stereocenters. The molecule has 0 aromatic carbocycles. The van der Waals surface area contributed by atoms with Crippen LogP contribution in [0.4, 0.5) is 0 Å². The fraction of sp³-hybridized carbons (Fsp3) is 0.533. The van der Waals surface area contributed by atoms with Gasteiger partial charge in [0.1, 0.15) is 0 Å². The van der Waals surface area contributed by atoms with Crippen LogP contribution in [-0.2, 0) is 51.5 Å². The third-order valence-electron chi connectivity index (χ3n) is 1.74. The normalized spacial score (nSPS) is 8.33. The van der Waals surface area contributed by atoms with Gasteiger partial charge < -0.3 is 0 Å². The molecule has 0 spiro atoms. The van der Waals surface area contributed by atoms with Crippen molar-refractivity contribution in [3.63, 3.8) is 0 Å². The molecule has 1 heterocycles. The molecule has 0 N–H and O–H groups in total. The smallest absolute Gasteiger partial charge is 0 e. The third-order valence-corrected chi connectivity index (χ3v) is 8.57. The summed E-state index contributed by atoms with van der Waals surface area (Å²) in [5.74, 6) is 0. The minimum absolute atomic E-state index is 0. The van der Waals surface area contributed by atoms with Gasteiger partial charge in [-0.2, -0.15) is 0 Å². The van der Waals surface area contributed by atoms with Crippen LogP contribution in [0, 0.1) is 33.3 Å². The van der Waals surface area contributed by atoms with E-state index in [1.165, 1.54) is 15.6 Å². The first-order valence-corrected chi connectivity index (χ1v) is 8.79. The summed E-state index contributed by atoms with van der Waals surface area (Å²) in [4.78, 5) is 0. The van der Waals surface area contributed by atoms with Crippen LogP contribution in [0.2, 0.25) is 0 Å². The Morgan fingerprint density at radius 3 is 1.08 bits per heavy atom. The van der Waals surface area contributed by atoms with Crippen molar-refractivity contribution in [3.8, 4) is 0 Å². The molecular weight excluding hydrogens is 406 g/mol. The van der Waals surface area contributed by atoms with E-state index in [1.807, 2.05) is 10.9 Å². The first kappa shape index (κ1) is 39.0. The Hall–Kier alpha value is -0.208. The van der Waals surface area contributed by atoms with Gasteiger partial charge in [-0.05, 0) is 12.8 Å². The minimum Gasteiger partial charge on any atom is 0 e. The van der Waals surface area contributed by atoms with Gasteiger partial charge in [0.15, 0.2) is 0 Å². The maximum atomic E-state index is 7.50. The van der Waals surface area contributed by atoms with E-state index in [2.05, 4.69) is 74.8 Å². The largest absolute Gasteiger partial charge is 0 e. The summed E-state index contributed by atoms with van der Waals surface area (Å²) in [5, 5.41) is 1.66. The average molecular weight is 424 g/mol. The van der Waals surface area contributed by atoms with E-state index in [0.29, 0.717) is 10.8 Å². The van der Waals surface area contributed by atoms with Crippen molar-refractivity contribution in [1.29, 1.82) is 0 Å². The fourth-order valence-corrected chi connectivity index (χ4v) is 7.15. The monoisotopic (exact) mass is 424 g/mol. The van der Waals surface area contributed by atoms with Crippen LogP contribution < -0.4 is 0 Å². The summed E-state index contributed by atoms with van der Waals surface area (Å²) in [6, 6.07) is 0. The molecule has 0 saturated carbocycles. The SMILES string of the molecule is CC(C)(C)c1psc(C(C)(C)C)p1.[C-]#[O+].[C-]#[O+].[C-]#[O+].[C-]#[O+].[C-]#[O+].[Cr]. The summed E-state index contributed by atoms with van der Waals surface area (Å²) in [5.41, 5.74) is 0.745. The second-order valence-electron chi connectivity index (χ2n) is 5.42. The molecule has 0 bridgehead atoms. The van der Waals surface area contributed by atoms with Crippen molar-refractivity contribution < 1.29 is 40.6 Å². The Labute approximate surface area is 162 Å². The molecule has 9 heteroatoms. The van der Waals surface area contributed by atoms with Gasteiger partial charge in [-0.25, -0.2) is 0 Å². The van der Waals surface area contributed by atoms with Crippen molar-refractivity contribution in [2.75, 3.05) is 0 Å². The Kier molecular flexibility index (Phi) is 40.7. The maximum absolute atomic E-state index is 7.50. The van der Waals surface area contributed by atoms with E-state index in [1.54, 1.807) is 9.64 Å². The number of hydrogen-bond acceptors (Lipinski definition) is 1. The predicted octanol–water partition coefficient (Wildman–Crippen LogP) is 5.31. The van der Waals surface area contributed by atoms with Gasteiger partial charge in [-0.3, -0.25) is 0 Å². The number of rotatable bonds is 0. The van der Waals surface area contributed by atoms with Crippen LogP contribution in [0.15, 0.2) is 0 Å². The van der Waals surface area contributed by atoms with Gasteiger partial charge in [-0.15, -0.1) is 10.9 Å². The average Bonchev–Trinajstić information content (AvgIpc) is 3.08. The summed E-state index contributed by atoms with van der Waals surface area (Å²) in [7, 11) is 5.00. The molecule has 5 nitrogen and oxygen atoms in total. The Morgan fingerprint density at radius 2 is 0.958 bits per heavy atom. The van der Waals surface area contributed by atoms with Crippen molar-refractivity contribution in [2.24, 2.45) is 0 Å². The molecule has 0 aliphatic carbocycles. The Balaban J connectivity index is -0.0000000634.